The molecule has 1 N–H and O–H groups in total. The quantitative estimate of drug-likeness (QED) is 0.393. The second kappa shape index (κ2) is 8.26. The average molecular weight is 450 g/mol. The number of nitrogens with zero attached hydrogens (tertiary/aromatic N) is 4. The average Bonchev–Trinajstić information content (AvgIpc) is 3.30. The van der Waals surface area contributed by atoms with Gasteiger partial charge in [-0.05, 0) is 48.7 Å². The highest BCUT2D eigenvalue weighted by molar-refractivity contribution is 6.06. The zero-order valence-corrected chi connectivity index (χ0v) is 18.5. The number of rotatable bonds is 7. The molecule has 4 aromatic heterocycles. The van der Waals surface area contributed by atoms with E-state index in [-0.39, 0.29) is 11.3 Å². The summed E-state index contributed by atoms with van der Waals surface area (Å²) in [6.45, 7) is 1.03. The lowest BCUT2D eigenvalue weighted by molar-refractivity contribution is 0.0951. The van der Waals surface area contributed by atoms with E-state index in [9.17, 15) is 4.79 Å². The monoisotopic (exact) mass is 449 g/mol. The van der Waals surface area contributed by atoms with E-state index >= 15 is 0 Å². The summed E-state index contributed by atoms with van der Waals surface area (Å²) in [4.78, 5) is 22.5. The molecule has 1 aromatic carbocycles. The van der Waals surface area contributed by atoms with E-state index in [1.807, 2.05) is 36.4 Å². The Bertz CT molecular complexity index is 1440. The van der Waals surface area contributed by atoms with Crippen molar-refractivity contribution in [1.29, 1.82) is 0 Å². The van der Waals surface area contributed by atoms with Crippen LogP contribution in [0.15, 0.2) is 89.9 Å². The van der Waals surface area contributed by atoms with Gasteiger partial charge in [0.25, 0.3) is 5.91 Å². The van der Waals surface area contributed by atoms with Gasteiger partial charge in [-0.2, -0.15) is 5.10 Å². The lowest BCUT2D eigenvalue weighted by Crippen LogP contribution is -2.32. The van der Waals surface area contributed by atoms with Crippen molar-refractivity contribution in [3.8, 4) is 11.3 Å². The molecule has 1 saturated carbocycles. The van der Waals surface area contributed by atoms with E-state index in [1.54, 1.807) is 29.5 Å². The number of pyridine rings is 2. The molecule has 168 valence electrons. The molecule has 4 heterocycles. The van der Waals surface area contributed by atoms with E-state index in [4.69, 9.17) is 9.40 Å². The number of hydrogen-bond donors (Lipinski definition) is 1. The number of carbonyl (C=O) groups is 1. The summed E-state index contributed by atoms with van der Waals surface area (Å²) in [6, 6.07) is 19.8. The fourth-order valence-electron chi connectivity index (χ4n) is 4.42. The minimum absolute atomic E-state index is 0.0265. The van der Waals surface area contributed by atoms with Crippen LogP contribution in [0.25, 0.3) is 22.3 Å². The number of fused-ring (bicyclic) bond motifs is 1. The second-order valence-corrected chi connectivity index (χ2v) is 8.74. The largest absolute Gasteiger partial charge is 0.467 e. The lowest BCUT2D eigenvalue weighted by Gasteiger charge is -2.17. The van der Waals surface area contributed by atoms with Crippen molar-refractivity contribution in [2.75, 3.05) is 6.54 Å². The van der Waals surface area contributed by atoms with Gasteiger partial charge in [0.1, 0.15) is 12.3 Å². The van der Waals surface area contributed by atoms with Gasteiger partial charge < -0.3 is 9.73 Å². The molecular formula is C27H23N5O2. The Kier molecular flexibility index (Phi) is 4.95. The van der Waals surface area contributed by atoms with Gasteiger partial charge in [0.15, 0.2) is 5.65 Å². The lowest BCUT2D eigenvalue weighted by atomic mass is 9.96. The maximum absolute atomic E-state index is 13.5. The zero-order chi connectivity index (χ0) is 23.0. The highest BCUT2D eigenvalue weighted by Gasteiger charge is 2.44. The number of hydrogen-bond acceptors (Lipinski definition) is 5. The number of nitrogens with one attached hydrogen (secondary N) is 1. The Hall–Kier alpha value is -4.26. The first-order valence-electron chi connectivity index (χ1n) is 11.3. The predicted octanol–water partition coefficient (Wildman–Crippen LogP) is 4.60. The van der Waals surface area contributed by atoms with E-state index in [2.05, 4.69) is 39.7 Å². The summed E-state index contributed by atoms with van der Waals surface area (Å²) in [6.07, 6.45) is 8.95. The first-order chi connectivity index (χ1) is 16.7. The van der Waals surface area contributed by atoms with Crippen LogP contribution < -0.4 is 5.32 Å². The summed E-state index contributed by atoms with van der Waals surface area (Å²) < 4.78 is 7.26. The van der Waals surface area contributed by atoms with Gasteiger partial charge >= 0.3 is 0 Å². The van der Waals surface area contributed by atoms with Crippen LogP contribution in [-0.4, -0.2) is 32.2 Å². The molecule has 0 spiro atoms. The van der Waals surface area contributed by atoms with Crippen LogP contribution in [0.3, 0.4) is 0 Å². The number of furan rings is 1. The molecule has 6 rings (SSSR count). The Labute approximate surface area is 196 Å². The Morgan fingerprint density at radius 1 is 1.06 bits per heavy atom. The number of carbonyl (C=O) groups excluding carboxylic acids is 1. The summed E-state index contributed by atoms with van der Waals surface area (Å²) in [5.74, 6) is 0.639. The van der Waals surface area contributed by atoms with E-state index < -0.39 is 0 Å². The van der Waals surface area contributed by atoms with Crippen LogP contribution in [-0.2, 0) is 12.0 Å². The summed E-state index contributed by atoms with van der Waals surface area (Å²) in [7, 11) is 0. The van der Waals surface area contributed by atoms with Crippen LogP contribution in [0, 0.1) is 0 Å². The molecule has 0 unspecified atom stereocenters. The normalized spacial score (nSPS) is 14.2. The molecule has 1 fully saturated rings. The highest BCUT2D eigenvalue weighted by Crippen LogP contribution is 2.47. The molecule has 0 atom stereocenters. The van der Waals surface area contributed by atoms with Gasteiger partial charge in [0, 0.05) is 29.9 Å². The van der Waals surface area contributed by atoms with Crippen molar-refractivity contribution in [2.45, 2.75) is 24.8 Å². The molecule has 7 nitrogen and oxygen atoms in total. The maximum atomic E-state index is 13.5. The maximum Gasteiger partial charge on any atom is 0.252 e. The first-order valence-corrected chi connectivity index (χ1v) is 11.3. The summed E-state index contributed by atoms with van der Waals surface area (Å²) in [5.41, 5.74) is 4.00. The number of amides is 1. The molecule has 0 radical (unpaired) electrons. The van der Waals surface area contributed by atoms with Crippen LogP contribution in [0.1, 0.15) is 34.5 Å². The molecule has 1 aliphatic rings. The van der Waals surface area contributed by atoms with Crippen molar-refractivity contribution < 1.29 is 9.21 Å². The summed E-state index contributed by atoms with van der Waals surface area (Å²) in [5, 5.41) is 8.41. The van der Waals surface area contributed by atoms with Crippen molar-refractivity contribution in [1.82, 2.24) is 25.1 Å². The molecule has 7 heteroatoms. The van der Waals surface area contributed by atoms with Crippen molar-refractivity contribution >= 4 is 16.9 Å². The van der Waals surface area contributed by atoms with E-state index in [1.165, 1.54) is 5.56 Å². The minimum Gasteiger partial charge on any atom is -0.467 e. The zero-order valence-electron chi connectivity index (χ0n) is 18.5. The van der Waals surface area contributed by atoms with Crippen molar-refractivity contribution in [2.24, 2.45) is 0 Å². The first kappa shape index (κ1) is 20.4. The van der Waals surface area contributed by atoms with Crippen LogP contribution >= 0.6 is 0 Å². The number of benzene rings is 1. The molecule has 1 amide bonds. The highest BCUT2D eigenvalue weighted by atomic mass is 16.3. The topological polar surface area (TPSA) is 85.8 Å². The van der Waals surface area contributed by atoms with E-state index in [0.717, 1.165) is 24.2 Å². The fraction of sp³-hybridized carbons (Fsp3) is 0.185. The molecule has 34 heavy (non-hydrogen) atoms. The number of aromatic nitrogens is 4. The van der Waals surface area contributed by atoms with Gasteiger partial charge in [-0.15, -0.1) is 0 Å². The molecular weight excluding hydrogens is 426 g/mol. The standard InChI is InChI=1S/C27H23N5O2/c33-26(29-18-27(10-11-27)20-7-2-1-3-8-20)22-14-24(19-6-4-12-28-15-19)31-25-23(22)16-30-32(25)17-21-9-5-13-34-21/h1-9,12-16H,10-11,17-18H2,(H,29,33). The van der Waals surface area contributed by atoms with Crippen molar-refractivity contribution in [3.05, 3.63) is 102 Å². The van der Waals surface area contributed by atoms with Crippen LogP contribution in [0.5, 0.6) is 0 Å². The predicted molar refractivity (Wildman–Crippen MR) is 128 cm³/mol. The Morgan fingerprint density at radius 2 is 1.94 bits per heavy atom. The van der Waals surface area contributed by atoms with Gasteiger partial charge in [0.05, 0.1) is 29.1 Å². The third-order valence-electron chi connectivity index (χ3n) is 6.52. The Morgan fingerprint density at radius 3 is 2.68 bits per heavy atom. The van der Waals surface area contributed by atoms with Gasteiger partial charge in [0.2, 0.25) is 0 Å². The second-order valence-electron chi connectivity index (χ2n) is 8.74. The SMILES string of the molecule is O=C(NCC1(c2ccccc2)CC1)c1cc(-c2cccnc2)nc2c1cnn2Cc1ccco1. The molecule has 1 aliphatic carbocycles. The van der Waals surface area contributed by atoms with Gasteiger partial charge in [-0.3, -0.25) is 9.78 Å². The molecule has 0 saturated heterocycles. The third kappa shape index (κ3) is 3.75. The van der Waals surface area contributed by atoms with E-state index in [0.29, 0.717) is 35.4 Å². The molecule has 0 bridgehead atoms. The van der Waals surface area contributed by atoms with Crippen molar-refractivity contribution in [3.63, 3.8) is 0 Å². The molecule has 5 aromatic rings. The summed E-state index contributed by atoms with van der Waals surface area (Å²) >= 11 is 0. The fourth-order valence-corrected chi connectivity index (χ4v) is 4.42. The van der Waals surface area contributed by atoms with Gasteiger partial charge in [-0.25, -0.2) is 9.67 Å². The van der Waals surface area contributed by atoms with Crippen LogP contribution in [0.2, 0.25) is 0 Å². The third-order valence-corrected chi connectivity index (χ3v) is 6.52. The smallest absolute Gasteiger partial charge is 0.252 e. The Balaban J connectivity index is 1.36. The minimum atomic E-state index is -0.128. The molecule has 0 aliphatic heterocycles. The van der Waals surface area contributed by atoms with Gasteiger partial charge in [-0.1, -0.05) is 30.3 Å². The van der Waals surface area contributed by atoms with Crippen LogP contribution in [0.4, 0.5) is 0 Å².